The van der Waals surface area contributed by atoms with Gasteiger partial charge in [0.2, 0.25) is 0 Å². The minimum atomic E-state index is 0.0521. The number of ether oxygens (including phenoxy) is 1. The Balaban J connectivity index is 1.82. The summed E-state index contributed by atoms with van der Waals surface area (Å²) in [6.45, 7) is 1.76. The summed E-state index contributed by atoms with van der Waals surface area (Å²) in [6, 6.07) is 8.88. The highest BCUT2D eigenvalue weighted by Gasteiger charge is 2.15. The van der Waals surface area contributed by atoms with E-state index in [2.05, 4.69) is 6.07 Å². The zero-order valence-corrected chi connectivity index (χ0v) is 11.7. The lowest BCUT2D eigenvalue weighted by atomic mass is 10.1. The number of carbonyl (C=O) groups excluding carboxylic acids is 1. The number of hydrogen-bond donors (Lipinski definition) is 0. The van der Waals surface area contributed by atoms with Crippen molar-refractivity contribution in [2.24, 2.45) is 0 Å². The van der Waals surface area contributed by atoms with Crippen molar-refractivity contribution in [2.75, 3.05) is 19.7 Å². The molecule has 1 saturated heterocycles. The van der Waals surface area contributed by atoms with Crippen molar-refractivity contribution in [3.05, 3.63) is 29.8 Å². The normalized spacial score (nSPS) is 15.8. The smallest absolute Gasteiger partial charge is 0.260 e. The largest absolute Gasteiger partial charge is 0.484 e. The van der Waals surface area contributed by atoms with E-state index in [1.165, 1.54) is 19.3 Å². The van der Waals surface area contributed by atoms with Crippen LogP contribution in [0.5, 0.6) is 5.75 Å². The average molecular weight is 272 g/mol. The summed E-state index contributed by atoms with van der Waals surface area (Å²) in [5.41, 5.74) is 0.590. The van der Waals surface area contributed by atoms with Crippen LogP contribution in [-0.2, 0) is 4.79 Å². The summed E-state index contributed by atoms with van der Waals surface area (Å²) in [7, 11) is 0. The first kappa shape index (κ1) is 14.4. The van der Waals surface area contributed by atoms with Crippen LogP contribution < -0.4 is 4.74 Å². The summed E-state index contributed by atoms with van der Waals surface area (Å²) in [5.74, 6) is 0.681. The van der Waals surface area contributed by atoms with Crippen LogP contribution in [0.25, 0.3) is 0 Å². The quantitative estimate of drug-likeness (QED) is 0.850. The molecule has 1 aromatic rings. The fraction of sp³-hybridized carbons (Fsp3) is 0.500. The molecule has 4 heteroatoms. The third-order valence-electron chi connectivity index (χ3n) is 3.55. The molecule has 0 aromatic heterocycles. The van der Waals surface area contributed by atoms with E-state index in [1.807, 2.05) is 4.90 Å². The third-order valence-corrected chi connectivity index (χ3v) is 3.55. The van der Waals surface area contributed by atoms with E-state index in [1.54, 1.807) is 24.3 Å². The third kappa shape index (κ3) is 4.27. The summed E-state index contributed by atoms with van der Waals surface area (Å²) in [5, 5.41) is 8.71. The molecule has 4 nitrogen and oxygen atoms in total. The Hall–Kier alpha value is -2.02. The maximum atomic E-state index is 12.1. The highest BCUT2D eigenvalue weighted by atomic mass is 16.5. The average Bonchev–Trinajstić information content (AvgIpc) is 2.45. The predicted molar refractivity (Wildman–Crippen MR) is 76.3 cm³/mol. The molecular weight excluding hydrogens is 252 g/mol. The Labute approximate surface area is 120 Å². The maximum Gasteiger partial charge on any atom is 0.260 e. The molecule has 1 aliphatic heterocycles. The van der Waals surface area contributed by atoms with E-state index >= 15 is 0 Å². The Morgan fingerprint density at radius 2 is 1.70 bits per heavy atom. The molecule has 0 saturated carbocycles. The van der Waals surface area contributed by atoms with Gasteiger partial charge in [0.15, 0.2) is 6.61 Å². The van der Waals surface area contributed by atoms with Gasteiger partial charge in [0.05, 0.1) is 11.6 Å². The number of nitrogens with zero attached hydrogens (tertiary/aromatic N) is 2. The zero-order chi connectivity index (χ0) is 14.2. The number of rotatable bonds is 3. The monoisotopic (exact) mass is 272 g/mol. The van der Waals surface area contributed by atoms with Gasteiger partial charge in [0.1, 0.15) is 5.75 Å². The molecule has 0 unspecified atom stereocenters. The topological polar surface area (TPSA) is 53.3 Å². The van der Waals surface area contributed by atoms with Crippen molar-refractivity contribution in [1.29, 1.82) is 5.26 Å². The molecule has 20 heavy (non-hydrogen) atoms. The van der Waals surface area contributed by atoms with Gasteiger partial charge in [-0.05, 0) is 37.1 Å². The second-order valence-corrected chi connectivity index (χ2v) is 5.07. The van der Waals surface area contributed by atoms with Crippen LogP contribution >= 0.6 is 0 Å². The number of amides is 1. The van der Waals surface area contributed by atoms with Crippen molar-refractivity contribution in [3.8, 4) is 11.8 Å². The minimum absolute atomic E-state index is 0.0521. The summed E-state index contributed by atoms with van der Waals surface area (Å²) < 4.78 is 5.49. The van der Waals surface area contributed by atoms with Crippen LogP contribution in [0.3, 0.4) is 0 Å². The first-order valence-electron chi connectivity index (χ1n) is 7.20. The van der Waals surface area contributed by atoms with Crippen molar-refractivity contribution in [1.82, 2.24) is 4.90 Å². The maximum absolute atomic E-state index is 12.1. The van der Waals surface area contributed by atoms with Crippen molar-refractivity contribution in [2.45, 2.75) is 32.1 Å². The number of carbonyl (C=O) groups is 1. The van der Waals surface area contributed by atoms with Crippen LogP contribution in [0.1, 0.15) is 37.7 Å². The molecule has 1 amide bonds. The summed E-state index contributed by atoms with van der Waals surface area (Å²) >= 11 is 0. The molecular formula is C16H20N2O2. The van der Waals surface area contributed by atoms with Gasteiger partial charge in [-0.2, -0.15) is 5.26 Å². The highest BCUT2D eigenvalue weighted by Crippen LogP contribution is 2.13. The number of hydrogen-bond acceptors (Lipinski definition) is 3. The molecule has 2 rings (SSSR count). The molecule has 1 heterocycles. The molecule has 1 aromatic carbocycles. The fourth-order valence-electron chi connectivity index (χ4n) is 2.36. The lowest BCUT2D eigenvalue weighted by Crippen LogP contribution is -2.37. The molecule has 0 atom stereocenters. The van der Waals surface area contributed by atoms with E-state index in [4.69, 9.17) is 10.00 Å². The van der Waals surface area contributed by atoms with E-state index in [-0.39, 0.29) is 12.5 Å². The van der Waals surface area contributed by atoms with E-state index in [9.17, 15) is 4.79 Å². The first-order chi connectivity index (χ1) is 9.79. The molecule has 106 valence electrons. The molecule has 0 spiro atoms. The Kier molecular flexibility index (Phi) is 5.43. The molecule has 0 N–H and O–H groups in total. The van der Waals surface area contributed by atoms with Crippen LogP contribution in [0, 0.1) is 11.3 Å². The van der Waals surface area contributed by atoms with Crippen molar-refractivity contribution >= 4 is 5.91 Å². The number of benzene rings is 1. The lowest BCUT2D eigenvalue weighted by molar-refractivity contribution is -0.133. The van der Waals surface area contributed by atoms with Crippen LogP contribution in [0.4, 0.5) is 0 Å². The Morgan fingerprint density at radius 1 is 1.10 bits per heavy atom. The molecule has 0 aliphatic carbocycles. The van der Waals surface area contributed by atoms with Gasteiger partial charge in [0.25, 0.3) is 5.91 Å². The Bertz CT molecular complexity index is 468. The molecule has 1 fully saturated rings. The van der Waals surface area contributed by atoms with Crippen LogP contribution in [0.2, 0.25) is 0 Å². The van der Waals surface area contributed by atoms with E-state index < -0.39 is 0 Å². The number of likely N-dealkylation sites (tertiary alicyclic amines) is 1. The van der Waals surface area contributed by atoms with Gasteiger partial charge >= 0.3 is 0 Å². The van der Waals surface area contributed by atoms with Gasteiger partial charge in [0, 0.05) is 13.1 Å². The molecule has 0 radical (unpaired) electrons. The van der Waals surface area contributed by atoms with Crippen LogP contribution in [-0.4, -0.2) is 30.5 Å². The minimum Gasteiger partial charge on any atom is -0.484 e. The zero-order valence-electron chi connectivity index (χ0n) is 11.7. The second kappa shape index (κ2) is 7.54. The highest BCUT2D eigenvalue weighted by molar-refractivity contribution is 5.77. The standard InChI is InChI=1S/C16H20N2O2/c17-12-14-6-8-15(9-7-14)20-13-16(19)18-10-4-2-1-3-5-11-18/h6-9H,1-5,10-11,13H2. The van der Waals surface area contributed by atoms with Gasteiger partial charge in [-0.3, -0.25) is 4.79 Å². The van der Waals surface area contributed by atoms with Gasteiger partial charge in [-0.15, -0.1) is 0 Å². The van der Waals surface area contributed by atoms with Gasteiger partial charge < -0.3 is 9.64 Å². The van der Waals surface area contributed by atoms with E-state index in [0.29, 0.717) is 11.3 Å². The SMILES string of the molecule is N#Cc1ccc(OCC(=O)N2CCCCCCC2)cc1. The fourth-order valence-corrected chi connectivity index (χ4v) is 2.36. The first-order valence-corrected chi connectivity index (χ1v) is 7.20. The summed E-state index contributed by atoms with van der Waals surface area (Å²) in [4.78, 5) is 14.0. The number of nitriles is 1. The van der Waals surface area contributed by atoms with Gasteiger partial charge in [-0.1, -0.05) is 19.3 Å². The molecule has 1 aliphatic rings. The van der Waals surface area contributed by atoms with Crippen LogP contribution in [0.15, 0.2) is 24.3 Å². The van der Waals surface area contributed by atoms with Crippen molar-refractivity contribution in [3.63, 3.8) is 0 Å². The lowest BCUT2D eigenvalue weighted by Gasteiger charge is -2.24. The van der Waals surface area contributed by atoms with Crippen molar-refractivity contribution < 1.29 is 9.53 Å². The van der Waals surface area contributed by atoms with E-state index in [0.717, 1.165) is 25.9 Å². The van der Waals surface area contributed by atoms with Gasteiger partial charge in [-0.25, -0.2) is 0 Å². The second-order valence-electron chi connectivity index (χ2n) is 5.07. The predicted octanol–water partition coefficient (Wildman–Crippen LogP) is 2.73. The summed E-state index contributed by atoms with van der Waals surface area (Å²) in [6.07, 6.45) is 5.87. The Morgan fingerprint density at radius 3 is 2.30 bits per heavy atom. The molecule has 0 bridgehead atoms.